The first kappa shape index (κ1) is 27.4. The van der Waals surface area contributed by atoms with Gasteiger partial charge in [-0.25, -0.2) is 0 Å². The number of carbonyl (C=O) groups is 1. The Bertz CT molecular complexity index is 810. The van der Waals surface area contributed by atoms with E-state index in [-0.39, 0.29) is 46.2 Å². The monoisotopic (exact) mass is 509 g/mol. The van der Waals surface area contributed by atoms with E-state index < -0.39 is 35.2 Å². The highest BCUT2D eigenvalue weighted by molar-refractivity contribution is 8.00. The lowest BCUT2D eigenvalue weighted by molar-refractivity contribution is -0.217. The number of aliphatic hydroxyl groups excluding tert-OH is 3. The van der Waals surface area contributed by atoms with E-state index in [1.165, 1.54) is 11.8 Å². The van der Waals surface area contributed by atoms with Crippen LogP contribution in [0.3, 0.4) is 0 Å². The van der Waals surface area contributed by atoms with Gasteiger partial charge in [0, 0.05) is 22.1 Å². The fourth-order valence-electron chi connectivity index (χ4n) is 8.51. The third kappa shape index (κ3) is 4.52. The van der Waals surface area contributed by atoms with Gasteiger partial charge in [0.2, 0.25) is 0 Å². The molecule has 0 aromatic rings. The van der Waals surface area contributed by atoms with E-state index in [4.69, 9.17) is 10.5 Å². The standard InChI is InChI=1S/C28H47NO5S/c1-6-26(4)14-22(34-23(32)15-35-21-8-7-18(29)13-20(21)31)27(5)16(2)9-11-28(17(3)25(26)33)12-10-19(30)24(27)28/h6,16-22,24-25,30-31,33H,1,7-15,29H2,2-5H3. The molecule has 5 N–H and O–H groups in total. The summed E-state index contributed by atoms with van der Waals surface area (Å²) in [5.41, 5.74) is 4.80. The smallest absolute Gasteiger partial charge is 0.316 e. The van der Waals surface area contributed by atoms with Crippen LogP contribution in [0, 0.1) is 34.0 Å². The zero-order chi connectivity index (χ0) is 25.8. The molecule has 4 aliphatic rings. The maximum atomic E-state index is 13.3. The summed E-state index contributed by atoms with van der Waals surface area (Å²) in [6.45, 7) is 12.7. The van der Waals surface area contributed by atoms with Crippen molar-refractivity contribution in [1.82, 2.24) is 0 Å². The molecule has 200 valence electrons. The van der Waals surface area contributed by atoms with E-state index >= 15 is 0 Å². The lowest BCUT2D eigenvalue weighted by Crippen LogP contribution is -2.63. The Balaban J connectivity index is 1.61. The topological polar surface area (TPSA) is 113 Å². The van der Waals surface area contributed by atoms with Crippen molar-refractivity contribution in [2.75, 3.05) is 5.75 Å². The van der Waals surface area contributed by atoms with E-state index in [9.17, 15) is 20.1 Å². The molecule has 4 rings (SSSR count). The maximum Gasteiger partial charge on any atom is 0.316 e. The Morgan fingerprint density at radius 1 is 1.11 bits per heavy atom. The second-order valence-corrected chi connectivity index (χ2v) is 14.0. The summed E-state index contributed by atoms with van der Waals surface area (Å²) >= 11 is 1.46. The van der Waals surface area contributed by atoms with E-state index in [2.05, 4.69) is 27.4 Å². The van der Waals surface area contributed by atoms with Crippen LogP contribution in [-0.4, -0.2) is 62.7 Å². The molecule has 0 heterocycles. The molecule has 0 amide bonds. The van der Waals surface area contributed by atoms with Gasteiger partial charge in [0.15, 0.2) is 0 Å². The van der Waals surface area contributed by atoms with Crippen molar-refractivity contribution in [2.24, 2.45) is 39.7 Å². The van der Waals surface area contributed by atoms with Crippen LogP contribution in [0.15, 0.2) is 12.7 Å². The number of thioether (sulfide) groups is 1. The molecule has 4 saturated carbocycles. The first-order valence-electron chi connectivity index (χ1n) is 13.6. The van der Waals surface area contributed by atoms with Gasteiger partial charge >= 0.3 is 5.97 Å². The van der Waals surface area contributed by atoms with E-state index in [0.29, 0.717) is 12.8 Å². The Morgan fingerprint density at radius 3 is 2.46 bits per heavy atom. The fourth-order valence-corrected chi connectivity index (χ4v) is 9.56. The molecule has 12 unspecified atom stereocenters. The largest absolute Gasteiger partial charge is 0.461 e. The molecule has 0 aromatic carbocycles. The van der Waals surface area contributed by atoms with Crippen LogP contribution in [0.5, 0.6) is 0 Å². The molecule has 0 saturated heterocycles. The fraction of sp³-hybridized carbons (Fsp3) is 0.893. The van der Waals surface area contributed by atoms with Crippen LogP contribution >= 0.6 is 11.8 Å². The second kappa shape index (κ2) is 9.94. The van der Waals surface area contributed by atoms with Crippen molar-refractivity contribution < 1.29 is 24.9 Å². The van der Waals surface area contributed by atoms with Crippen LogP contribution in [0.25, 0.3) is 0 Å². The number of carbonyl (C=O) groups excluding carboxylic acids is 1. The van der Waals surface area contributed by atoms with Crippen molar-refractivity contribution in [3.63, 3.8) is 0 Å². The molecule has 4 aliphatic carbocycles. The molecule has 0 aliphatic heterocycles. The van der Waals surface area contributed by atoms with Crippen LogP contribution in [0.1, 0.15) is 79.1 Å². The van der Waals surface area contributed by atoms with Crippen molar-refractivity contribution in [3.8, 4) is 0 Å². The summed E-state index contributed by atoms with van der Waals surface area (Å²) in [7, 11) is 0. The zero-order valence-corrected chi connectivity index (χ0v) is 22.8. The summed E-state index contributed by atoms with van der Waals surface area (Å²) < 4.78 is 6.33. The van der Waals surface area contributed by atoms with Gasteiger partial charge in [-0.1, -0.05) is 33.8 Å². The van der Waals surface area contributed by atoms with E-state index in [1.54, 1.807) is 0 Å². The number of esters is 1. The van der Waals surface area contributed by atoms with E-state index in [0.717, 1.165) is 38.5 Å². The SMILES string of the molecule is C=CC1(C)CC(OC(=O)CSC2CCC(N)CC2O)C2(C)C(C)CCC3(CCC(O)C32)C(C)C1O. The minimum absolute atomic E-state index is 0.00529. The van der Waals surface area contributed by atoms with Crippen molar-refractivity contribution in [2.45, 2.75) is 115 Å². The maximum absolute atomic E-state index is 13.3. The van der Waals surface area contributed by atoms with Gasteiger partial charge in [-0.15, -0.1) is 18.3 Å². The van der Waals surface area contributed by atoms with E-state index in [1.807, 2.05) is 13.0 Å². The molecule has 2 bridgehead atoms. The summed E-state index contributed by atoms with van der Waals surface area (Å²) in [5.74, 6) is 0.168. The van der Waals surface area contributed by atoms with Crippen molar-refractivity contribution in [3.05, 3.63) is 12.7 Å². The third-order valence-electron chi connectivity index (χ3n) is 11.0. The Hall–Kier alpha value is -0.600. The molecule has 7 heteroatoms. The van der Waals surface area contributed by atoms with Crippen LogP contribution < -0.4 is 5.73 Å². The second-order valence-electron chi connectivity index (χ2n) is 12.7. The minimum atomic E-state index is -0.622. The molecular weight excluding hydrogens is 462 g/mol. The first-order chi connectivity index (χ1) is 16.4. The zero-order valence-electron chi connectivity index (χ0n) is 22.0. The van der Waals surface area contributed by atoms with Crippen LogP contribution in [-0.2, 0) is 9.53 Å². The Kier molecular flexibility index (Phi) is 7.79. The van der Waals surface area contributed by atoms with Gasteiger partial charge in [0.05, 0.1) is 24.1 Å². The first-order valence-corrected chi connectivity index (χ1v) is 14.7. The minimum Gasteiger partial charge on any atom is -0.461 e. The number of ether oxygens (including phenoxy) is 1. The summed E-state index contributed by atoms with van der Waals surface area (Å²) in [4.78, 5) is 13.3. The highest BCUT2D eigenvalue weighted by atomic mass is 32.2. The Morgan fingerprint density at radius 2 is 1.80 bits per heavy atom. The molecule has 0 aromatic heterocycles. The van der Waals surface area contributed by atoms with Gasteiger partial charge < -0.3 is 25.8 Å². The van der Waals surface area contributed by atoms with Gasteiger partial charge in [0.1, 0.15) is 6.10 Å². The molecule has 35 heavy (non-hydrogen) atoms. The Labute approximate surface area is 215 Å². The summed E-state index contributed by atoms with van der Waals surface area (Å²) in [6.07, 6.45) is 6.15. The molecule has 6 nitrogen and oxygen atoms in total. The van der Waals surface area contributed by atoms with Gasteiger partial charge in [-0.2, -0.15) is 0 Å². The average Bonchev–Trinajstić information content (AvgIpc) is 3.17. The number of hydrogen-bond donors (Lipinski definition) is 4. The van der Waals surface area contributed by atoms with Crippen LogP contribution in [0.4, 0.5) is 0 Å². The molecule has 0 spiro atoms. The lowest BCUT2D eigenvalue weighted by Gasteiger charge is -2.63. The number of hydrogen-bond acceptors (Lipinski definition) is 7. The quantitative estimate of drug-likeness (QED) is 0.330. The van der Waals surface area contributed by atoms with Crippen molar-refractivity contribution in [1.29, 1.82) is 0 Å². The number of aliphatic hydroxyl groups is 3. The highest BCUT2D eigenvalue weighted by Gasteiger charge is 2.68. The molecule has 12 atom stereocenters. The number of rotatable bonds is 5. The molecular formula is C28H47NO5S. The summed E-state index contributed by atoms with van der Waals surface area (Å²) in [5, 5.41) is 33.3. The van der Waals surface area contributed by atoms with Gasteiger partial charge in [0.25, 0.3) is 0 Å². The lowest BCUT2D eigenvalue weighted by atomic mass is 9.43. The predicted octanol–water partition coefficient (Wildman–Crippen LogP) is 3.66. The third-order valence-corrected chi connectivity index (χ3v) is 12.4. The van der Waals surface area contributed by atoms with Crippen molar-refractivity contribution >= 4 is 17.7 Å². The van der Waals surface area contributed by atoms with Gasteiger partial charge in [-0.05, 0) is 74.5 Å². The normalized spacial score (nSPS) is 52.2. The highest BCUT2D eigenvalue weighted by Crippen LogP contribution is 2.69. The van der Waals surface area contributed by atoms with Gasteiger partial charge in [-0.3, -0.25) is 4.79 Å². The molecule has 0 radical (unpaired) electrons. The van der Waals surface area contributed by atoms with Crippen LogP contribution in [0.2, 0.25) is 0 Å². The predicted molar refractivity (Wildman–Crippen MR) is 140 cm³/mol. The molecule has 4 fully saturated rings. The summed E-state index contributed by atoms with van der Waals surface area (Å²) in [6, 6.07) is 0.0277. The average molecular weight is 510 g/mol. The number of nitrogens with two attached hydrogens (primary N) is 1.